The molecule has 1 unspecified atom stereocenters. The zero-order valence-electron chi connectivity index (χ0n) is 13.6. The lowest BCUT2D eigenvalue weighted by Crippen LogP contribution is -2.21. The van der Waals surface area contributed by atoms with Crippen LogP contribution < -0.4 is 10.1 Å². The molecule has 21 heavy (non-hydrogen) atoms. The maximum Gasteiger partial charge on any atom is 0.123 e. The van der Waals surface area contributed by atoms with Gasteiger partial charge in [-0.25, -0.2) is 4.98 Å². The number of rotatable bonds is 6. The first-order valence-corrected chi connectivity index (χ1v) is 7.42. The fourth-order valence-electron chi connectivity index (χ4n) is 2.50. The van der Waals surface area contributed by atoms with Crippen molar-refractivity contribution in [2.75, 3.05) is 7.11 Å². The van der Waals surface area contributed by atoms with E-state index < -0.39 is 0 Å². The summed E-state index contributed by atoms with van der Waals surface area (Å²) in [5.41, 5.74) is 2.42. The van der Waals surface area contributed by atoms with Crippen LogP contribution in [-0.2, 0) is 6.54 Å². The number of nitrogens with zero attached hydrogens (tertiary/aromatic N) is 2. The maximum atomic E-state index is 5.46. The molecule has 2 rings (SSSR count). The van der Waals surface area contributed by atoms with Crippen LogP contribution in [0.4, 0.5) is 0 Å². The minimum Gasteiger partial charge on any atom is -0.496 e. The number of ether oxygens (including phenoxy) is 1. The standard InChI is InChI=1S/C17H25N3O/c1-12(2)20-9-8-18-17(20)11-19-14(4)15-10-13(3)6-7-16(15)21-5/h6-10,12,14,19H,11H2,1-5H3. The molecule has 0 fully saturated rings. The van der Waals surface area contributed by atoms with E-state index in [1.807, 2.05) is 18.5 Å². The van der Waals surface area contributed by atoms with Crippen LogP contribution in [0.15, 0.2) is 30.6 Å². The third-order valence-electron chi connectivity index (χ3n) is 3.72. The Bertz CT molecular complexity index is 589. The lowest BCUT2D eigenvalue weighted by atomic mass is 10.0. The van der Waals surface area contributed by atoms with Crippen molar-refractivity contribution in [2.45, 2.75) is 46.3 Å². The highest BCUT2D eigenvalue weighted by Crippen LogP contribution is 2.26. The van der Waals surface area contributed by atoms with E-state index in [1.165, 1.54) is 11.1 Å². The van der Waals surface area contributed by atoms with Gasteiger partial charge in [0.2, 0.25) is 0 Å². The van der Waals surface area contributed by atoms with Gasteiger partial charge in [0.25, 0.3) is 0 Å². The normalized spacial score (nSPS) is 12.7. The summed E-state index contributed by atoms with van der Waals surface area (Å²) in [5, 5.41) is 3.54. The molecule has 0 aliphatic carbocycles. The Morgan fingerprint density at radius 1 is 1.29 bits per heavy atom. The molecule has 0 radical (unpaired) electrons. The summed E-state index contributed by atoms with van der Waals surface area (Å²) in [7, 11) is 1.71. The molecule has 1 heterocycles. The van der Waals surface area contributed by atoms with E-state index in [2.05, 4.69) is 54.7 Å². The highest BCUT2D eigenvalue weighted by atomic mass is 16.5. The van der Waals surface area contributed by atoms with Crippen LogP contribution in [0.3, 0.4) is 0 Å². The van der Waals surface area contributed by atoms with Gasteiger partial charge >= 0.3 is 0 Å². The molecule has 1 N–H and O–H groups in total. The molecule has 1 atom stereocenters. The summed E-state index contributed by atoms with van der Waals surface area (Å²) in [5.74, 6) is 1.98. The second kappa shape index (κ2) is 6.76. The van der Waals surface area contributed by atoms with Crippen LogP contribution in [0.2, 0.25) is 0 Å². The quantitative estimate of drug-likeness (QED) is 0.881. The monoisotopic (exact) mass is 287 g/mol. The SMILES string of the molecule is COc1ccc(C)cc1C(C)NCc1nccn1C(C)C. The van der Waals surface area contributed by atoms with Gasteiger partial charge in [-0.3, -0.25) is 0 Å². The topological polar surface area (TPSA) is 39.1 Å². The van der Waals surface area contributed by atoms with Crippen LogP contribution in [-0.4, -0.2) is 16.7 Å². The van der Waals surface area contributed by atoms with Gasteiger partial charge in [0.1, 0.15) is 11.6 Å². The molecule has 1 aromatic heterocycles. The molecular formula is C17H25N3O. The van der Waals surface area contributed by atoms with Gasteiger partial charge in [0.15, 0.2) is 0 Å². The van der Waals surface area contributed by atoms with E-state index >= 15 is 0 Å². The molecule has 1 aromatic carbocycles. The van der Waals surface area contributed by atoms with E-state index in [1.54, 1.807) is 7.11 Å². The maximum absolute atomic E-state index is 5.46. The zero-order valence-corrected chi connectivity index (χ0v) is 13.6. The highest BCUT2D eigenvalue weighted by molar-refractivity contribution is 5.38. The number of methoxy groups -OCH3 is 1. The number of hydrogen-bond donors (Lipinski definition) is 1. The van der Waals surface area contributed by atoms with Crippen molar-refractivity contribution >= 4 is 0 Å². The van der Waals surface area contributed by atoms with Gasteiger partial charge in [-0.2, -0.15) is 0 Å². The van der Waals surface area contributed by atoms with Crippen LogP contribution in [0.25, 0.3) is 0 Å². The van der Waals surface area contributed by atoms with Crippen molar-refractivity contribution in [3.05, 3.63) is 47.5 Å². The molecule has 2 aromatic rings. The van der Waals surface area contributed by atoms with Gasteiger partial charge in [-0.05, 0) is 33.8 Å². The number of aromatic nitrogens is 2. The number of imidazole rings is 1. The third kappa shape index (κ3) is 3.64. The summed E-state index contributed by atoms with van der Waals surface area (Å²) in [6.07, 6.45) is 3.88. The molecule has 4 nitrogen and oxygen atoms in total. The van der Waals surface area contributed by atoms with E-state index in [0.717, 1.165) is 18.1 Å². The lowest BCUT2D eigenvalue weighted by molar-refractivity contribution is 0.400. The summed E-state index contributed by atoms with van der Waals surface area (Å²) in [6.45, 7) is 9.32. The Hall–Kier alpha value is -1.81. The van der Waals surface area contributed by atoms with Crippen molar-refractivity contribution in [1.82, 2.24) is 14.9 Å². The summed E-state index contributed by atoms with van der Waals surface area (Å²) < 4.78 is 7.65. The highest BCUT2D eigenvalue weighted by Gasteiger charge is 2.13. The first-order chi connectivity index (χ1) is 10.0. The first kappa shape index (κ1) is 15.6. The van der Waals surface area contributed by atoms with Crippen molar-refractivity contribution in [3.63, 3.8) is 0 Å². The minimum absolute atomic E-state index is 0.206. The van der Waals surface area contributed by atoms with E-state index in [-0.39, 0.29) is 6.04 Å². The predicted molar refractivity (Wildman–Crippen MR) is 85.6 cm³/mol. The summed E-state index contributed by atoms with van der Waals surface area (Å²) >= 11 is 0. The molecule has 0 aliphatic rings. The van der Waals surface area contributed by atoms with Crippen LogP contribution in [0, 0.1) is 6.92 Å². The van der Waals surface area contributed by atoms with Crippen molar-refractivity contribution in [2.24, 2.45) is 0 Å². The Morgan fingerprint density at radius 3 is 2.71 bits per heavy atom. The predicted octanol–water partition coefficient (Wildman–Crippen LogP) is 3.63. The molecular weight excluding hydrogens is 262 g/mol. The lowest BCUT2D eigenvalue weighted by Gasteiger charge is -2.19. The largest absolute Gasteiger partial charge is 0.496 e. The number of nitrogens with one attached hydrogen (secondary N) is 1. The Balaban J connectivity index is 2.10. The fraction of sp³-hybridized carbons (Fsp3) is 0.471. The Labute approximate surface area is 127 Å². The van der Waals surface area contributed by atoms with Crippen molar-refractivity contribution in [3.8, 4) is 5.75 Å². The molecule has 0 bridgehead atoms. The van der Waals surface area contributed by atoms with E-state index in [0.29, 0.717) is 6.04 Å². The third-order valence-corrected chi connectivity index (χ3v) is 3.72. The van der Waals surface area contributed by atoms with Gasteiger partial charge in [-0.1, -0.05) is 17.7 Å². The zero-order chi connectivity index (χ0) is 15.4. The molecule has 0 amide bonds. The number of hydrogen-bond acceptors (Lipinski definition) is 3. The van der Waals surface area contributed by atoms with Crippen LogP contribution in [0.1, 0.15) is 49.8 Å². The number of aryl methyl sites for hydroxylation is 1. The first-order valence-electron chi connectivity index (χ1n) is 7.42. The van der Waals surface area contributed by atoms with E-state index in [9.17, 15) is 0 Å². The van der Waals surface area contributed by atoms with Gasteiger partial charge in [0, 0.05) is 30.0 Å². The average molecular weight is 287 g/mol. The van der Waals surface area contributed by atoms with Crippen molar-refractivity contribution in [1.29, 1.82) is 0 Å². The Morgan fingerprint density at radius 2 is 2.05 bits per heavy atom. The van der Waals surface area contributed by atoms with Gasteiger partial charge in [-0.15, -0.1) is 0 Å². The molecule has 0 spiro atoms. The minimum atomic E-state index is 0.206. The Kier molecular flexibility index (Phi) is 5.02. The molecule has 4 heteroatoms. The van der Waals surface area contributed by atoms with Crippen LogP contribution in [0.5, 0.6) is 5.75 Å². The second-order valence-electron chi connectivity index (χ2n) is 5.69. The average Bonchev–Trinajstić information content (AvgIpc) is 2.93. The van der Waals surface area contributed by atoms with Gasteiger partial charge < -0.3 is 14.6 Å². The van der Waals surface area contributed by atoms with Crippen LogP contribution >= 0.6 is 0 Å². The summed E-state index contributed by atoms with van der Waals surface area (Å²) in [4.78, 5) is 4.43. The smallest absolute Gasteiger partial charge is 0.123 e. The molecule has 0 saturated heterocycles. The van der Waals surface area contributed by atoms with Crippen molar-refractivity contribution < 1.29 is 4.74 Å². The fourth-order valence-corrected chi connectivity index (χ4v) is 2.50. The van der Waals surface area contributed by atoms with Gasteiger partial charge in [0.05, 0.1) is 13.7 Å². The van der Waals surface area contributed by atoms with E-state index in [4.69, 9.17) is 4.74 Å². The summed E-state index contributed by atoms with van der Waals surface area (Å²) in [6, 6.07) is 6.90. The molecule has 0 aliphatic heterocycles. The second-order valence-corrected chi connectivity index (χ2v) is 5.69. The number of benzene rings is 1. The molecule has 0 saturated carbocycles. The molecule has 114 valence electrons.